The Labute approximate surface area is 122 Å². The maximum Gasteiger partial charge on any atom is 0.115 e. The summed E-state index contributed by atoms with van der Waals surface area (Å²) in [6.07, 6.45) is 4.23. The van der Waals surface area contributed by atoms with Crippen molar-refractivity contribution < 1.29 is 5.11 Å². The predicted octanol–water partition coefficient (Wildman–Crippen LogP) is 3.49. The van der Waals surface area contributed by atoms with Crippen LogP contribution in [0, 0.1) is 5.41 Å². The summed E-state index contributed by atoms with van der Waals surface area (Å²) in [4.78, 5) is 2.57. The Morgan fingerprint density at radius 3 is 2.85 bits per heavy atom. The summed E-state index contributed by atoms with van der Waals surface area (Å²) in [6.45, 7) is 13.1. The van der Waals surface area contributed by atoms with Gasteiger partial charge in [0.1, 0.15) is 5.75 Å². The summed E-state index contributed by atoms with van der Waals surface area (Å²) in [5, 5.41) is 9.88. The lowest BCUT2D eigenvalue weighted by atomic mass is 9.51. The van der Waals surface area contributed by atoms with Gasteiger partial charge in [-0.15, -0.1) is 6.58 Å². The van der Waals surface area contributed by atoms with Crippen LogP contribution in [0.2, 0.25) is 0 Å². The number of rotatable bonds is 2. The highest BCUT2D eigenvalue weighted by Crippen LogP contribution is 2.56. The van der Waals surface area contributed by atoms with Gasteiger partial charge in [0.15, 0.2) is 0 Å². The van der Waals surface area contributed by atoms with E-state index in [-0.39, 0.29) is 10.8 Å². The average molecular weight is 271 g/mol. The molecule has 1 fully saturated rings. The maximum atomic E-state index is 9.88. The van der Waals surface area contributed by atoms with Crippen molar-refractivity contribution in [2.75, 3.05) is 13.1 Å². The molecule has 108 valence electrons. The molecule has 2 aliphatic rings. The molecule has 0 radical (unpaired) electrons. The van der Waals surface area contributed by atoms with Gasteiger partial charge >= 0.3 is 0 Å². The van der Waals surface area contributed by atoms with Crippen LogP contribution >= 0.6 is 0 Å². The van der Waals surface area contributed by atoms with E-state index < -0.39 is 0 Å². The Bertz CT molecular complexity index is 548. The Kier molecular flexibility index (Phi) is 2.98. The van der Waals surface area contributed by atoms with Crippen LogP contribution in [0.15, 0.2) is 30.9 Å². The lowest BCUT2D eigenvalue weighted by Gasteiger charge is -2.61. The third-order valence-corrected chi connectivity index (χ3v) is 6.06. The molecule has 1 saturated heterocycles. The van der Waals surface area contributed by atoms with E-state index in [4.69, 9.17) is 0 Å². The highest BCUT2D eigenvalue weighted by molar-refractivity contribution is 5.45. The van der Waals surface area contributed by atoms with Crippen molar-refractivity contribution in [3.63, 3.8) is 0 Å². The smallest absolute Gasteiger partial charge is 0.115 e. The third kappa shape index (κ3) is 1.67. The second-order valence-electron chi connectivity index (χ2n) is 7.15. The van der Waals surface area contributed by atoms with E-state index in [2.05, 4.69) is 38.3 Å². The van der Waals surface area contributed by atoms with Crippen LogP contribution in [0.4, 0.5) is 0 Å². The van der Waals surface area contributed by atoms with E-state index in [0.29, 0.717) is 11.8 Å². The number of nitrogens with zero attached hydrogens (tertiary/aromatic N) is 1. The predicted molar refractivity (Wildman–Crippen MR) is 83.1 cm³/mol. The van der Waals surface area contributed by atoms with Crippen LogP contribution < -0.4 is 0 Å². The van der Waals surface area contributed by atoms with Gasteiger partial charge in [0.25, 0.3) is 0 Å². The lowest BCUT2D eigenvalue weighted by Crippen LogP contribution is -2.63. The number of phenolic OH excluding ortho intramolecular Hbond substituents is 1. The number of hydrogen-bond donors (Lipinski definition) is 1. The number of benzene rings is 1. The van der Waals surface area contributed by atoms with Crippen LogP contribution in [0.5, 0.6) is 5.75 Å². The fourth-order valence-electron chi connectivity index (χ4n) is 4.38. The van der Waals surface area contributed by atoms with Gasteiger partial charge in [0, 0.05) is 18.0 Å². The Hall–Kier alpha value is -1.28. The zero-order valence-electron chi connectivity index (χ0n) is 12.8. The number of piperidine rings is 1. The molecule has 2 bridgehead atoms. The zero-order valence-corrected chi connectivity index (χ0v) is 12.8. The van der Waals surface area contributed by atoms with Crippen LogP contribution in [0.25, 0.3) is 0 Å². The standard InChI is InChI=1S/C18H25NO/c1-5-9-19-10-8-18(4)15-12-14(20)7-6-13(15)11-16(19)17(18,2)3/h5-7,12,16,20H,1,8-11H2,2-4H3/t16-,18+/m1/s1. The highest BCUT2D eigenvalue weighted by atomic mass is 16.3. The van der Waals surface area contributed by atoms with Gasteiger partial charge in [-0.05, 0) is 48.1 Å². The normalized spacial score (nSPS) is 31.6. The molecule has 0 aromatic heterocycles. The summed E-state index contributed by atoms with van der Waals surface area (Å²) < 4.78 is 0. The monoisotopic (exact) mass is 271 g/mol. The van der Waals surface area contributed by atoms with Crippen molar-refractivity contribution in [1.82, 2.24) is 4.90 Å². The first-order valence-corrected chi connectivity index (χ1v) is 7.57. The van der Waals surface area contributed by atoms with Crippen molar-refractivity contribution in [2.45, 2.75) is 45.1 Å². The first-order chi connectivity index (χ1) is 9.40. The zero-order chi connectivity index (χ0) is 14.5. The largest absolute Gasteiger partial charge is 0.508 e. The van der Waals surface area contributed by atoms with E-state index in [0.717, 1.165) is 25.9 Å². The molecule has 0 unspecified atom stereocenters. The van der Waals surface area contributed by atoms with Crippen molar-refractivity contribution in [3.8, 4) is 5.75 Å². The molecule has 1 aromatic carbocycles. The Balaban J connectivity index is 2.13. The fourth-order valence-corrected chi connectivity index (χ4v) is 4.38. The van der Waals surface area contributed by atoms with E-state index in [1.165, 1.54) is 11.1 Å². The highest BCUT2D eigenvalue weighted by Gasteiger charge is 2.55. The second-order valence-corrected chi connectivity index (χ2v) is 7.15. The molecular formula is C18H25NO. The first kappa shape index (κ1) is 13.7. The molecule has 1 aromatic rings. The Morgan fingerprint density at radius 1 is 1.40 bits per heavy atom. The minimum atomic E-state index is 0.141. The Morgan fingerprint density at radius 2 is 2.15 bits per heavy atom. The SMILES string of the molecule is C=CCN1CC[C@@]2(C)c3cc(O)ccc3C[C@@H]1C2(C)C. The van der Waals surface area contributed by atoms with Gasteiger partial charge in [0.2, 0.25) is 0 Å². The first-order valence-electron chi connectivity index (χ1n) is 7.57. The quantitative estimate of drug-likeness (QED) is 0.832. The average Bonchev–Trinajstić information content (AvgIpc) is 2.38. The number of phenols is 1. The van der Waals surface area contributed by atoms with Gasteiger partial charge in [-0.3, -0.25) is 4.90 Å². The van der Waals surface area contributed by atoms with E-state index in [9.17, 15) is 5.11 Å². The van der Waals surface area contributed by atoms with Gasteiger partial charge in [-0.25, -0.2) is 0 Å². The summed E-state index contributed by atoms with van der Waals surface area (Å²) in [6, 6.07) is 6.49. The van der Waals surface area contributed by atoms with E-state index in [1.807, 2.05) is 18.2 Å². The fraction of sp³-hybridized carbons (Fsp3) is 0.556. The molecule has 1 N–H and O–H groups in total. The van der Waals surface area contributed by atoms with Gasteiger partial charge in [0.05, 0.1) is 0 Å². The minimum absolute atomic E-state index is 0.141. The summed E-state index contributed by atoms with van der Waals surface area (Å²) in [5.41, 5.74) is 3.11. The van der Waals surface area contributed by atoms with Crippen molar-refractivity contribution in [3.05, 3.63) is 42.0 Å². The van der Waals surface area contributed by atoms with Gasteiger partial charge in [-0.1, -0.05) is 32.9 Å². The second kappa shape index (κ2) is 4.36. The van der Waals surface area contributed by atoms with E-state index in [1.54, 1.807) is 0 Å². The van der Waals surface area contributed by atoms with Crippen LogP contribution in [0.3, 0.4) is 0 Å². The molecule has 1 aliphatic heterocycles. The molecule has 3 rings (SSSR count). The minimum Gasteiger partial charge on any atom is -0.508 e. The number of hydrogen-bond acceptors (Lipinski definition) is 2. The van der Waals surface area contributed by atoms with Crippen molar-refractivity contribution >= 4 is 0 Å². The van der Waals surface area contributed by atoms with Gasteiger partial charge < -0.3 is 5.11 Å². The van der Waals surface area contributed by atoms with Crippen molar-refractivity contribution in [2.24, 2.45) is 5.41 Å². The summed E-state index contributed by atoms with van der Waals surface area (Å²) >= 11 is 0. The molecule has 0 spiro atoms. The maximum absolute atomic E-state index is 9.88. The summed E-state index contributed by atoms with van der Waals surface area (Å²) in [7, 11) is 0. The molecule has 2 heteroatoms. The molecule has 0 saturated carbocycles. The van der Waals surface area contributed by atoms with Crippen LogP contribution in [-0.2, 0) is 11.8 Å². The van der Waals surface area contributed by atoms with Crippen LogP contribution in [0.1, 0.15) is 38.3 Å². The molecule has 0 amide bonds. The molecule has 20 heavy (non-hydrogen) atoms. The topological polar surface area (TPSA) is 23.5 Å². The van der Waals surface area contributed by atoms with Crippen molar-refractivity contribution in [1.29, 1.82) is 0 Å². The van der Waals surface area contributed by atoms with Gasteiger partial charge in [-0.2, -0.15) is 0 Å². The molecule has 2 nitrogen and oxygen atoms in total. The molecule has 2 atom stereocenters. The van der Waals surface area contributed by atoms with Crippen LogP contribution in [-0.4, -0.2) is 29.1 Å². The number of fused-ring (bicyclic) bond motifs is 4. The molecule has 1 heterocycles. The number of likely N-dealkylation sites (tertiary alicyclic amines) is 1. The molecular weight excluding hydrogens is 246 g/mol. The number of aromatic hydroxyl groups is 1. The lowest BCUT2D eigenvalue weighted by molar-refractivity contribution is -0.0320. The third-order valence-electron chi connectivity index (χ3n) is 6.06. The molecule has 1 aliphatic carbocycles. The van der Waals surface area contributed by atoms with E-state index >= 15 is 0 Å². The summed E-state index contributed by atoms with van der Waals surface area (Å²) in [5.74, 6) is 0.396.